The first-order valence-electron chi connectivity index (χ1n) is 8.08. The van der Waals surface area contributed by atoms with Crippen molar-refractivity contribution in [3.63, 3.8) is 0 Å². The van der Waals surface area contributed by atoms with E-state index in [1.54, 1.807) is 0 Å². The summed E-state index contributed by atoms with van der Waals surface area (Å²) in [5, 5.41) is 0. The Morgan fingerprint density at radius 1 is 1.14 bits per heavy atom. The van der Waals surface area contributed by atoms with Gasteiger partial charge in [0.05, 0.1) is 6.61 Å². The van der Waals surface area contributed by atoms with Gasteiger partial charge in [0.2, 0.25) is 0 Å². The second-order valence-corrected chi connectivity index (χ2v) is 5.98. The molecule has 0 aliphatic carbocycles. The number of rotatable bonds is 6. The number of ether oxygens (including phenoxy) is 1. The third kappa shape index (κ3) is 5.30. The maximum atomic E-state index is 6.37. The standard InChI is InChI=1S/C17H29N3O/c1-3-13-21-16-7-5-15(6-8-16)17(18)14-20-10-4-9-19(2)11-12-20/h5-8,17H,3-4,9-14,18H2,1-2H3. The molecule has 21 heavy (non-hydrogen) atoms. The summed E-state index contributed by atoms with van der Waals surface area (Å²) in [6, 6.07) is 8.33. The Morgan fingerprint density at radius 2 is 1.90 bits per heavy atom. The number of likely N-dealkylation sites (N-methyl/N-ethyl adjacent to an activating group) is 1. The van der Waals surface area contributed by atoms with Gasteiger partial charge in [0.15, 0.2) is 0 Å². The minimum Gasteiger partial charge on any atom is -0.494 e. The highest BCUT2D eigenvalue weighted by atomic mass is 16.5. The van der Waals surface area contributed by atoms with Crippen LogP contribution in [0, 0.1) is 0 Å². The topological polar surface area (TPSA) is 41.7 Å². The Balaban J connectivity index is 1.85. The number of hydrogen-bond acceptors (Lipinski definition) is 4. The molecule has 2 N–H and O–H groups in total. The normalized spacial score (nSPS) is 19.2. The molecule has 1 heterocycles. The maximum Gasteiger partial charge on any atom is 0.119 e. The van der Waals surface area contributed by atoms with Gasteiger partial charge in [-0.15, -0.1) is 0 Å². The molecule has 1 saturated heterocycles. The zero-order valence-corrected chi connectivity index (χ0v) is 13.4. The smallest absolute Gasteiger partial charge is 0.119 e. The highest BCUT2D eigenvalue weighted by Gasteiger charge is 2.15. The molecule has 1 aliphatic heterocycles. The van der Waals surface area contributed by atoms with Gasteiger partial charge >= 0.3 is 0 Å². The van der Waals surface area contributed by atoms with Gasteiger partial charge < -0.3 is 20.3 Å². The van der Waals surface area contributed by atoms with E-state index in [-0.39, 0.29) is 6.04 Å². The van der Waals surface area contributed by atoms with Gasteiger partial charge in [0.25, 0.3) is 0 Å². The average molecular weight is 291 g/mol. The van der Waals surface area contributed by atoms with E-state index in [2.05, 4.69) is 35.9 Å². The first-order chi connectivity index (χ1) is 10.2. The van der Waals surface area contributed by atoms with Crippen LogP contribution in [-0.4, -0.2) is 56.2 Å². The molecule has 4 nitrogen and oxygen atoms in total. The Bertz CT molecular complexity index is 407. The zero-order valence-electron chi connectivity index (χ0n) is 13.4. The number of hydrogen-bond donors (Lipinski definition) is 1. The van der Waals surface area contributed by atoms with Gasteiger partial charge in [-0.2, -0.15) is 0 Å². The van der Waals surface area contributed by atoms with Crippen LogP contribution in [0.15, 0.2) is 24.3 Å². The summed E-state index contributed by atoms with van der Waals surface area (Å²) in [4.78, 5) is 4.88. The zero-order chi connectivity index (χ0) is 15.1. The average Bonchev–Trinajstić information content (AvgIpc) is 2.70. The van der Waals surface area contributed by atoms with Crippen LogP contribution >= 0.6 is 0 Å². The van der Waals surface area contributed by atoms with Gasteiger partial charge in [-0.05, 0) is 50.7 Å². The first-order valence-corrected chi connectivity index (χ1v) is 8.08. The molecule has 0 saturated carbocycles. The molecule has 1 aromatic rings. The van der Waals surface area contributed by atoms with Crippen LogP contribution in [0.1, 0.15) is 31.4 Å². The molecule has 4 heteroatoms. The van der Waals surface area contributed by atoms with E-state index in [1.807, 2.05) is 12.1 Å². The monoisotopic (exact) mass is 291 g/mol. The van der Waals surface area contributed by atoms with E-state index >= 15 is 0 Å². The predicted octanol–water partition coefficient (Wildman–Crippen LogP) is 2.11. The van der Waals surface area contributed by atoms with E-state index in [0.29, 0.717) is 0 Å². The third-order valence-corrected chi connectivity index (χ3v) is 4.05. The molecule has 1 atom stereocenters. The van der Waals surface area contributed by atoms with E-state index in [9.17, 15) is 0 Å². The fraction of sp³-hybridized carbons (Fsp3) is 0.647. The van der Waals surface area contributed by atoms with Gasteiger partial charge in [-0.3, -0.25) is 0 Å². The largest absolute Gasteiger partial charge is 0.494 e. The summed E-state index contributed by atoms with van der Waals surface area (Å²) in [6.45, 7) is 8.40. The molecule has 0 radical (unpaired) electrons. The van der Waals surface area contributed by atoms with E-state index in [0.717, 1.165) is 45.0 Å². The summed E-state index contributed by atoms with van der Waals surface area (Å²) in [7, 11) is 2.19. The Hall–Kier alpha value is -1.10. The minimum atomic E-state index is 0.0774. The molecular weight excluding hydrogens is 262 g/mol. The molecule has 0 bridgehead atoms. The van der Waals surface area contributed by atoms with Gasteiger partial charge in [0, 0.05) is 25.7 Å². The number of nitrogens with zero attached hydrogens (tertiary/aromatic N) is 2. The predicted molar refractivity (Wildman–Crippen MR) is 87.7 cm³/mol. The fourth-order valence-electron chi connectivity index (χ4n) is 2.70. The van der Waals surface area contributed by atoms with Gasteiger partial charge in [-0.1, -0.05) is 19.1 Å². The SMILES string of the molecule is CCCOc1ccc(C(N)CN2CCCN(C)CC2)cc1. The van der Waals surface area contributed by atoms with Gasteiger partial charge in [0.1, 0.15) is 5.75 Å². The van der Waals surface area contributed by atoms with Crippen molar-refractivity contribution in [3.8, 4) is 5.75 Å². The van der Waals surface area contributed by atoms with Crippen molar-refractivity contribution < 1.29 is 4.74 Å². The maximum absolute atomic E-state index is 6.37. The second kappa shape index (κ2) is 8.37. The lowest BCUT2D eigenvalue weighted by molar-refractivity contribution is 0.261. The highest BCUT2D eigenvalue weighted by Crippen LogP contribution is 2.18. The lowest BCUT2D eigenvalue weighted by Gasteiger charge is -2.24. The number of nitrogens with two attached hydrogens (primary N) is 1. The fourth-order valence-corrected chi connectivity index (χ4v) is 2.70. The van der Waals surface area contributed by atoms with Crippen LogP contribution < -0.4 is 10.5 Å². The number of benzene rings is 1. The van der Waals surface area contributed by atoms with E-state index in [1.165, 1.54) is 18.5 Å². The van der Waals surface area contributed by atoms with Crippen molar-refractivity contribution in [2.24, 2.45) is 5.73 Å². The Labute approximate surface area is 128 Å². The quantitative estimate of drug-likeness (QED) is 0.871. The molecule has 1 aliphatic rings. The lowest BCUT2D eigenvalue weighted by atomic mass is 10.1. The van der Waals surface area contributed by atoms with Crippen molar-refractivity contribution >= 4 is 0 Å². The van der Waals surface area contributed by atoms with Crippen LogP contribution in [0.3, 0.4) is 0 Å². The lowest BCUT2D eigenvalue weighted by Crippen LogP contribution is -2.35. The van der Waals surface area contributed by atoms with Crippen molar-refractivity contribution in [1.29, 1.82) is 0 Å². The molecule has 2 rings (SSSR count). The minimum absolute atomic E-state index is 0.0774. The summed E-state index contributed by atoms with van der Waals surface area (Å²) in [6.07, 6.45) is 2.26. The molecule has 0 amide bonds. The molecule has 1 unspecified atom stereocenters. The molecule has 118 valence electrons. The Kier molecular flexibility index (Phi) is 6.49. The van der Waals surface area contributed by atoms with Crippen LogP contribution in [0.5, 0.6) is 5.75 Å². The first kappa shape index (κ1) is 16.3. The molecular formula is C17H29N3O. The summed E-state index contributed by atoms with van der Waals surface area (Å²) in [5.41, 5.74) is 7.56. The summed E-state index contributed by atoms with van der Waals surface area (Å²) >= 11 is 0. The van der Waals surface area contributed by atoms with Crippen molar-refractivity contribution in [2.45, 2.75) is 25.8 Å². The second-order valence-electron chi connectivity index (χ2n) is 5.98. The molecule has 0 aromatic heterocycles. The molecule has 1 fully saturated rings. The molecule has 1 aromatic carbocycles. The summed E-state index contributed by atoms with van der Waals surface area (Å²) < 4.78 is 5.61. The van der Waals surface area contributed by atoms with E-state index in [4.69, 9.17) is 10.5 Å². The third-order valence-electron chi connectivity index (χ3n) is 4.05. The Morgan fingerprint density at radius 3 is 2.62 bits per heavy atom. The van der Waals surface area contributed by atoms with Gasteiger partial charge in [-0.25, -0.2) is 0 Å². The van der Waals surface area contributed by atoms with Crippen molar-refractivity contribution in [1.82, 2.24) is 9.80 Å². The molecule has 0 spiro atoms. The van der Waals surface area contributed by atoms with Crippen LogP contribution in [0.2, 0.25) is 0 Å². The van der Waals surface area contributed by atoms with Crippen LogP contribution in [-0.2, 0) is 0 Å². The van der Waals surface area contributed by atoms with Crippen molar-refractivity contribution in [3.05, 3.63) is 29.8 Å². The highest BCUT2D eigenvalue weighted by molar-refractivity contribution is 5.29. The van der Waals surface area contributed by atoms with Crippen LogP contribution in [0.25, 0.3) is 0 Å². The van der Waals surface area contributed by atoms with Crippen LogP contribution in [0.4, 0.5) is 0 Å². The van der Waals surface area contributed by atoms with Crippen molar-refractivity contribution in [2.75, 3.05) is 46.4 Å². The summed E-state index contributed by atoms with van der Waals surface area (Å²) in [5.74, 6) is 0.934. The van der Waals surface area contributed by atoms with E-state index < -0.39 is 0 Å².